The van der Waals surface area contributed by atoms with Crippen LogP contribution in [0.3, 0.4) is 0 Å². The molecule has 10 nitrogen and oxygen atoms in total. The van der Waals surface area contributed by atoms with Gasteiger partial charge in [-0.1, -0.05) is 11.6 Å². The van der Waals surface area contributed by atoms with Gasteiger partial charge in [-0.25, -0.2) is 4.68 Å². The van der Waals surface area contributed by atoms with Crippen LogP contribution in [-0.2, 0) is 11.3 Å². The summed E-state index contributed by atoms with van der Waals surface area (Å²) in [4.78, 5) is 21.5. The molecule has 0 spiro atoms. The number of hydrogen-bond acceptors (Lipinski definition) is 8. The monoisotopic (exact) mass is 529 g/mol. The first kappa shape index (κ1) is 25.5. The van der Waals surface area contributed by atoms with E-state index in [1.807, 2.05) is 29.8 Å². The average Bonchev–Trinajstić information content (AvgIpc) is 3.63. The van der Waals surface area contributed by atoms with Crippen LogP contribution in [0.2, 0.25) is 0 Å². The Labute approximate surface area is 227 Å². The van der Waals surface area contributed by atoms with Crippen molar-refractivity contribution in [2.45, 2.75) is 45.4 Å². The smallest absolute Gasteiger partial charge is 0.253 e. The molecule has 2 saturated heterocycles. The highest BCUT2D eigenvalue weighted by Crippen LogP contribution is 2.30. The maximum Gasteiger partial charge on any atom is 0.253 e. The number of hydrogen-bond donors (Lipinski definition) is 1. The first-order valence-electron chi connectivity index (χ1n) is 13.6. The summed E-state index contributed by atoms with van der Waals surface area (Å²) in [5.41, 5.74) is 4.80. The predicted molar refractivity (Wildman–Crippen MR) is 149 cm³/mol. The van der Waals surface area contributed by atoms with Gasteiger partial charge in [0.2, 0.25) is 0 Å². The van der Waals surface area contributed by atoms with Crippen molar-refractivity contribution in [3.8, 4) is 5.75 Å². The molecule has 2 aliphatic rings. The third-order valence-electron chi connectivity index (χ3n) is 7.94. The molecule has 6 rings (SSSR count). The SMILES string of the molecule is COc1ccc(N2CCN([C@@H](c3cc4cc(C)cc(C)c4[nH]c3=O)c3nnnn3C[C@H]3CCCO3)CC2)cc1. The Bertz CT molecular complexity index is 1500. The predicted octanol–water partition coefficient (Wildman–Crippen LogP) is 3.23. The van der Waals surface area contributed by atoms with Gasteiger partial charge in [0, 0.05) is 44.0 Å². The number of pyridine rings is 1. The van der Waals surface area contributed by atoms with E-state index in [0.29, 0.717) is 17.9 Å². The van der Waals surface area contributed by atoms with E-state index in [1.54, 1.807) is 7.11 Å². The van der Waals surface area contributed by atoms with E-state index >= 15 is 0 Å². The molecule has 0 unspecified atom stereocenters. The van der Waals surface area contributed by atoms with Gasteiger partial charge >= 0.3 is 0 Å². The Kier molecular flexibility index (Phi) is 7.05. The van der Waals surface area contributed by atoms with Gasteiger partial charge in [-0.15, -0.1) is 5.10 Å². The van der Waals surface area contributed by atoms with Crippen LogP contribution in [0, 0.1) is 13.8 Å². The molecule has 2 aliphatic heterocycles. The van der Waals surface area contributed by atoms with E-state index in [-0.39, 0.29) is 17.7 Å². The summed E-state index contributed by atoms with van der Waals surface area (Å²) in [5.74, 6) is 1.52. The van der Waals surface area contributed by atoms with Crippen LogP contribution in [-0.4, -0.2) is 76.1 Å². The van der Waals surface area contributed by atoms with Gasteiger partial charge in [0.15, 0.2) is 5.82 Å². The zero-order valence-corrected chi connectivity index (χ0v) is 22.8. The minimum absolute atomic E-state index is 0.0833. The fourth-order valence-electron chi connectivity index (χ4n) is 5.96. The number of nitrogens with one attached hydrogen (secondary N) is 1. The summed E-state index contributed by atoms with van der Waals surface area (Å²) in [5, 5.41) is 13.9. The van der Waals surface area contributed by atoms with Crippen molar-refractivity contribution in [2.24, 2.45) is 0 Å². The summed E-state index contributed by atoms with van der Waals surface area (Å²) in [7, 11) is 1.68. The van der Waals surface area contributed by atoms with E-state index in [0.717, 1.165) is 79.1 Å². The number of tetrazole rings is 1. The second-order valence-electron chi connectivity index (χ2n) is 10.6. The van der Waals surface area contributed by atoms with Crippen molar-refractivity contribution in [1.29, 1.82) is 0 Å². The molecule has 0 saturated carbocycles. The molecule has 2 atom stereocenters. The fourth-order valence-corrected chi connectivity index (χ4v) is 5.96. The third kappa shape index (κ3) is 5.14. The molecule has 204 valence electrons. The number of aromatic amines is 1. The Morgan fingerprint density at radius 3 is 2.62 bits per heavy atom. The van der Waals surface area contributed by atoms with Crippen LogP contribution in [0.25, 0.3) is 10.9 Å². The lowest BCUT2D eigenvalue weighted by atomic mass is 10.00. The molecule has 1 N–H and O–H groups in total. The highest BCUT2D eigenvalue weighted by molar-refractivity contribution is 5.83. The molecule has 39 heavy (non-hydrogen) atoms. The zero-order valence-electron chi connectivity index (χ0n) is 22.8. The fraction of sp³-hybridized carbons (Fsp3) is 0.448. The number of benzene rings is 2. The Morgan fingerprint density at radius 1 is 1.10 bits per heavy atom. The molecule has 0 aliphatic carbocycles. The van der Waals surface area contributed by atoms with E-state index < -0.39 is 0 Å². The molecule has 0 bridgehead atoms. The maximum absolute atomic E-state index is 13.6. The van der Waals surface area contributed by atoms with Crippen molar-refractivity contribution in [3.05, 3.63) is 75.3 Å². The van der Waals surface area contributed by atoms with E-state index in [2.05, 4.69) is 61.5 Å². The first-order valence-corrected chi connectivity index (χ1v) is 13.6. The molecule has 0 radical (unpaired) electrons. The second kappa shape index (κ2) is 10.8. The van der Waals surface area contributed by atoms with Crippen molar-refractivity contribution in [3.63, 3.8) is 0 Å². The molecule has 2 fully saturated rings. The van der Waals surface area contributed by atoms with Crippen LogP contribution in [0.15, 0.2) is 47.3 Å². The van der Waals surface area contributed by atoms with E-state index in [9.17, 15) is 4.79 Å². The molecule has 0 amide bonds. The molecule has 2 aromatic heterocycles. The van der Waals surface area contributed by atoms with Crippen LogP contribution < -0.4 is 15.2 Å². The van der Waals surface area contributed by atoms with Crippen LogP contribution in [0.5, 0.6) is 5.75 Å². The normalized spacial score (nSPS) is 19.1. The van der Waals surface area contributed by atoms with Crippen molar-refractivity contribution >= 4 is 16.6 Å². The topological polar surface area (TPSA) is 101 Å². The summed E-state index contributed by atoms with van der Waals surface area (Å²) in [6.07, 6.45) is 2.11. The molecular formula is C29H35N7O3. The number of ether oxygens (including phenoxy) is 2. The largest absolute Gasteiger partial charge is 0.497 e. The summed E-state index contributed by atoms with van der Waals surface area (Å²) >= 11 is 0. The molecule has 4 heterocycles. The van der Waals surface area contributed by atoms with Gasteiger partial charge in [-0.3, -0.25) is 9.69 Å². The number of piperazine rings is 1. The highest BCUT2D eigenvalue weighted by Gasteiger charge is 2.33. The standard InChI is InChI=1S/C29H35N7O3/c1-19-15-20(2)26-21(16-19)17-25(29(37)30-26)27(28-31-32-33-36(28)18-24-5-4-14-39-24)35-12-10-34(11-13-35)22-6-8-23(38-3)9-7-22/h6-9,15-17,24,27H,4-5,10-14,18H2,1-3H3,(H,30,37)/t24-,27+/m1/s1. The van der Waals surface area contributed by atoms with Crippen LogP contribution in [0.4, 0.5) is 5.69 Å². The number of rotatable bonds is 7. The quantitative estimate of drug-likeness (QED) is 0.390. The number of H-pyrrole nitrogens is 1. The van der Waals surface area contributed by atoms with Crippen molar-refractivity contribution in [2.75, 3.05) is 44.8 Å². The van der Waals surface area contributed by atoms with Gasteiger partial charge in [0.25, 0.3) is 5.56 Å². The second-order valence-corrected chi connectivity index (χ2v) is 10.6. The summed E-state index contributed by atoms with van der Waals surface area (Å²) in [6, 6.07) is 14.0. The maximum atomic E-state index is 13.6. The van der Waals surface area contributed by atoms with Gasteiger partial charge in [0.05, 0.1) is 25.3 Å². The number of aryl methyl sites for hydroxylation is 2. The van der Waals surface area contributed by atoms with Gasteiger partial charge in [-0.05, 0) is 84.5 Å². The number of nitrogens with zero attached hydrogens (tertiary/aromatic N) is 6. The lowest BCUT2D eigenvalue weighted by Crippen LogP contribution is -2.49. The number of methoxy groups -OCH3 is 1. The minimum Gasteiger partial charge on any atom is -0.497 e. The van der Waals surface area contributed by atoms with Crippen molar-refractivity contribution < 1.29 is 9.47 Å². The molecular weight excluding hydrogens is 494 g/mol. The number of fused-ring (bicyclic) bond motifs is 1. The van der Waals surface area contributed by atoms with Crippen LogP contribution >= 0.6 is 0 Å². The lowest BCUT2D eigenvalue weighted by molar-refractivity contribution is 0.0906. The molecule has 2 aromatic carbocycles. The van der Waals surface area contributed by atoms with E-state index in [4.69, 9.17) is 9.47 Å². The average molecular weight is 530 g/mol. The zero-order chi connectivity index (χ0) is 26.9. The van der Waals surface area contributed by atoms with Crippen LogP contribution in [0.1, 0.15) is 41.4 Å². The first-order chi connectivity index (χ1) is 19.0. The Morgan fingerprint density at radius 2 is 1.90 bits per heavy atom. The van der Waals surface area contributed by atoms with E-state index in [1.165, 1.54) is 0 Å². The molecule has 10 heteroatoms. The summed E-state index contributed by atoms with van der Waals surface area (Å²) in [6.45, 7) is 8.61. The third-order valence-corrected chi connectivity index (χ3v) is 7.94. The number of aromatic nitrogens is 5. The summed E-state index contributed by atoms with van der Waals surface area (Å²) < 4.78 is 13.0. The number of anilines is 1. The van der Waals surface area contributed by atoms with Crippen molar-refractivity contribution in [1.82, 2.24) is 30.1 Å². The molecule has 4 aromatic rings. The minimum atomic E-state index is -0.381. The lowest BCUT2D eigenvalue weighted by Gasteiger charge is -2.39. The highest BCUT2D eigenvalue weighted by atomic mass is 16.5. The van der Waals surface area contributed by atoms with Gasteiger partial charge < -0.3 is 19.4 Å². The van der Waals surface area contributed by atoms with Gasteiger partial charge in [0.1, 0.15) is 11.8 Å². The Hall–Kier alpha value is -3.76. The van der Waals surface area contributed by atoms with Gasteiger partial charge in [-0.2, -0.15) is 0 Å². The Balaban J connectivity index is 1.36.